The molecular weight excluding hydrogens is 360 g/mol. The number of carbonyl (C=O) groups excluding carboxylic acids is 1. The Morgan fingerprint density at radius 1 is 0.931 bits per heavy atom. The van der Waals surface area contributed by atoms with Crippen molar-refractivity contribution in [2.24, 2.45) is 0 Å². The van der Waals surface area contributed by atoms with E-state index in [1.807, 2.05) is 86.6 Å². The van der Waals surface area contributed by atoms with Crippen LogP contribution in [0.15, 0.2) is 72.8 Å². The normalized spacial score (nSPS) is 18.4. The minimum atomic E-state index is -1.72. The fourth-order valence-corrected chi connectivity index (χ4v) is 4.45. The second kappa shape index (κ2) is 6.33. The molecule has 1 aromatic heterocycles. The number of hydrogen-bond acceptors (Lipinski definition) is 2. The van der Waals surface area contributed by atoms with Crippen LogP contribution in [-0.4, -0.2) is 16.0 Å². The van der Waals surface area contributed by atoms with Gasteiger partial charge in [0.1, 0.15) is 0 Å². The van der Waals surface area contributed by atoms with Gasteiger partial charge in [-0.3, -0.25) is 4.79 Å². The van der Waals surface area contributed by atoms with Gasteiger partial charge in [-0.2, -0.15) is 0 Å². The summed E-state index contributed by atoms with van der Waals surface area (Å²) in [5, 5.41) is 12.8. The van der Waals surface area contributed by atoms with Crippen molar-refractivity contribution >= 4 is 22.5 Å². The number of fused-ring (bicyclic) bond motifs is 2. The second-order valence-electron chi connectivity index (χ2n) is 7.78. The predicted molar refractivity (Wildman–Crippen MR) is 115 cm³/mol. The average molecular weight is 382 g/mol. The van der Waals surface area contributed by atoms with Crippen molar-refractivity contribution in [1.82, 2.24) is 4.98 Å². The Balaban J connectivity index is 1.69. The standard InChI is InChI=1S/C25H22N2O2/c1-16-11-13-18(14-12-16)15-27-22-10-6-4-8-20(22)25(29,24(27)28)23-17(2)26-21-9-5-3-7-19(21)23/h3-14,26,29H,15H2,1-2H3/t25-/m0/s1. The molecule has 0 saturated heterocycles. The van der Waals surface area contributed by atoms with E-state index in [9.17, 15) is 9.90 Å². The Labute approximate surface area is 169 Å². The molecule has 0 saturated carbocycles. The summed E-state index contributed by atoms with van der Waals surface area (Å²) in [5.41, 5.74) is 4.22. The number of para-hydroxylation sites is 2. The molecule has 0 spiro atoms. The van der Waals surface area contributed by atoms with Gasteiger partial charge >= 0.3 is 0 Å². The lowest BCUT2D eigenvalue weighted by atomic mass is 9.85. The number of carbonyl (C=O) groups is 1. The summed E-state index contributed by atoms with van der Waals surface area (Å²) < 4.78 is 0. The van der Waals surface area contributed by atoms with Gasteiger partial charge in [-0.25, -0.2) is 0 Å². The van der Waals surface area contributed by atoms with Crippen LogP contribution >= 0.6 is 0 Å². The molecule has 4 aromatic rings. The molecule has 0 aliphatic carbocycles. The van der Waals surface area contributed by atoms with Crippen LogP contribution in [0.4, 0.5) is 5.69 Å². The monoisotopic (exact) mass is 382 g/mol. The van der Waals surface area contributed by atoms with Crippen LogP contribution in [0.1, 0.15) is 27.9 Å². The third-order valence-corrected chi connectivity index (χ3v) is 5.86. The largest absolute Gasteiger partial charge is 0.372 e. The fourth-order valence-electron chi connectivity index (χ4n) is 4.45. The summed E-state index contributed by atoms with van der Waals surface area (Å²) in [7, 11) is 0. The second-order valence-corrected chi connectivity index (χ2v) is 7.78. The number of nitrogens with zero attached hydrogens (tertiary/aromatic N) is 1. The van der Waals surface area contributed by atoms with Crippen molar-refractivity contribution < 1.29 is 9.90 Å². The Kier molecular flexibility index (Phi) is 3.86. The zero-order valence-electron chi connectivity index (χ0n) is 16.4. The molecule has 4 nitrogen and oxygen atoms in total. The average Bonchev–Trinajstić information content (AvgIpc) is 3.17. The number of benzene rings is 3. The topological polar surface area (TPSA) is 56.3 Å². The molecular formula is C25H22N2O2. The van der Waals surface area contributed by atoms with Crippen LogP contribution in [0.3, 0.4) is 0 Å². The van der Waals surface area contributed by atoms with E-state index < -0.39 is 5.60 Å². The lowest BCUT2D eigenvalue weighted by molar-refractivity contribution is -0.132. The minimum Gasteiger partial charge on any atom is -0.372 e. The van der Waals surface area contributed by atoms with E-state index in [1.54, 1.807) is 4.90 Å². The molecule has 4 heteroatoms. The summed E-state index contributed by atoms with van der Waals surface area (Å²) >= 11 is 0. The molecule has 0 bridgehead atoms. The number of aliphatic hydroxyl groups is 1. The number of aromatic amines is 1. The number of nitrogens with one attached hydrogen (secondary N) is 1. The first-order chi connectivity index (χ1) is 14.0. The SMILES string of the molecule is Cc1ccc(CN2C(=O)[C@@](O)(c3c(C)[nH]c4ccccc34)c3ccccc32)cc1. The van der Waals surface area contributed by atoms with Crippen LogP contribution in [0.2, 0.25) is 0 Å². The van der Waals surface area contributed by atoms with Crippen molar-refractivity contribution in [2.75, 3.05) is 4.90 Å². The Bertz CT molecular complexity index is 1240. The first kappa shape index (κ1) is 17.7. The summed E-state index contributed by atoms with van der Waals surface area (Å²) in [6, 6.07) is 23.5. The van der Waals surface area contributed by atoms with Crippen molar-refractivity contribution in [2.45, 2.75) is 26.0 Å². The maximum absolute atomic E-state index is 13.7. The maximum atomic E-state index is 13.7. The third-order valence-electron chi connectivity index (χ3n) is 5.86. The summed E-state index contributed by atoms with van der Waals surface area (Å²) in [6.07, 6.45) is 0. The van der Waals surface area contributed by atoms with Gasteiger partial charge in [-0.15, -0.1) is 0 Å². The van der Waals surface area contributed by atoms with E-state index in [2.05, 4.69) is 4.98 Å². The van der Waals surface area contributed by atoms with Crippen molar-refractivity contribution in [3.8, 4) is 0 Å². The first-order valence-electron chi connectivity index (χ1n) is 9.77. The maximum Gasteiger partial charge on any atom is 0.268 e. The number of rotatable bonds is 3. The van der Waals surface area contributed by atoms with Crippen LogP contribution < -0.4 is 4.90 Å². The highest BCUT2D eigenvalue weighted by Crippen LogP contribution is 2.47. The third kappa shape index (κ3) is 2.53. The Morgan fingerprint density at radius 3 is 2.41 bits per heavy atom. The molecule has 3 aromatic carbocycles. The molecule has 144 valence electrons. The molecule has 29 heavy (non-hydrogen) atoms. The lowest BCUT2D eigenvalue weighted by Gasteiger charge is -2.24. The molecule has 1 aliphatic heterocycles. The molecule has 1 aliphatic rings. The van der Waals surface area contributed by atoms with Crippen molar-refractivity contribution in [3.05, 3.63) is 101 Å². The molecule has 1 atom stereocenters. The predicted octanol–water partition coefficient (Wildman–Crippen LogP) is 4.57. The van der Waals surface area contributed by atoms with Gasteiger partial charge in [0.15, 0.2) is 5.60 Å². The van der Waals surface area contributed by atoms with E-state index in [-0.39, 0.29) is 5.91 Å². The lowest BCUT2D eigenvalue weighted by Crippen LogP contribution is -2.41. The smallest absolute Gasteiger partial charge is 0.268 e. The number of aryl methyl sites for hydroxylation is 2. The minimum absolute atomic E-state index is 0.313. The van der Waals surface area contributed by atoms with Gasteiger partial charge in [0.2, 0.25) is 0 Å². The Morgan fingerprint density at radius 2 is 1.62 bits per heavy atom. The molecule has 0 unspecified atom stereocenters. The van der Waals surface area contributed by atoms with Crippen LogP contribution in [0, 0.1) is 13.8 Å². The highest BCUT2D eigenvalue weighted by Gasteiger charge is 2.52. The van der Waals surface area contributed by atoms with E-state index in [0.29, 0.717) is 17.7 Å². The number of amides is 1. The fraction of sp³-hybridized carbons (Fsp3) is 0.160. The van der Waals surface area contributed by atoms with E-state index in [1.165, 1.54) is 5.56 Å². The summed E-state index contributed by atoms with van der Waals surface area (Å²) in [4.78, 5) is 18.7. The van der Waals surface area contributed by atoms with Gasteiger partial charge in [0.25, 0.3) is 5.91 Å². The molecule has 0 fully saturated rings. The Hall–Kier alpha value is -3.37. The van der Waals surface area contributed by atoms with Gasteiger partial charge < -0.3 is 15.0 Å². The zero-order chi connectivity index (χ0) is 20.2. The highest BCUT2D eigenvalue weighted by atomic mass is 16.3. The van der Waals surface area contributed by atoms with Gasteiger partial charge in [0.05, 0.1) is 12.2 Å². The van der Waals surface area contributed by atoms with Gasteiger partial charge in [-0.05, 0) is 31.5 Å². The van der Waals surface area contributed by atoms with E-state index in [0.717, 1.165) is 27.8 Å². The van der Waals surface area contributed by atoms with Crippen molar-refractivity contribution in [1.29, 1.82) is 0 Å². The zero-order valence-corrected chi connectivity index (χ0v) is 16.4. The van der Waals surface area contributed by atoms with Crippen LogP contribution in [-0.2, 0) is 16.9 Å². The molecule has 2 heterocycles. The van der Waals surface area contributed by atoms with Crippen LogP contribution in [0.5, 0.6) is 0 Å². The first-order valence-corrected chi connectivity index (χ1v) is 9.77. The number of H-pyrrole nitrogens is 1. The van der Waals surface area contributed by atoms with E-state index >= 15 is 0 Å². The number of hydrogen-bond donors (Lipinski definition) is 2. The quantitative estimate of drug-likeness (QED) is 0.545. The van der Waals surface area contributed by atoms with E-state index in [4.69, 9.17) is 0 Å². The number of aromatic nitrogens is 1. The molecule has 1 amide bonds. The molecule has 2 N–H and O–H groups in total. The highest BCUT2D eigenvalue weighted by molar-refractivity contribution is 6.11. The summed E-state index contributed by atoms with van der Waals surface area (Å²) in [6.45, 7) is 4.37. The molecule has 5 rings (SSSR count). The van der Waals surface area contributed by atoms with Gasteiger partial charge in [0, 0.05) is 27.7 Å². The van der Waals surface area contributed by atoms with Crippen LogP contribution in [0.25, 0.3) is 10.9 Å². The van der Waals surface area contributed by atoms with Gasteiger partial charge in [-0.1, -0.05) is 66.2 Å². The number of anilines is 1. The summed E-state index contributed by atoms with van der Waals surface area (Å²) in [5.74, 6) is -0.313. The van der Waals surface area contributed by atoms with Crippen molar-refractivity contribution in [3.63, 3.8) is 0 Å². The molecule has 0 radical (unpaired) electrons.